The minimum absolute atomic E-state index is 0. The number of ketones is 6. The van der Waals surface area contributed by atoms with Gasteiger partial charge in [-0.1, -0.05) is 132 Å². The minimum atomic E-state index is -5.32. The number of Topliss-reactive ketones (excluding diaryl/α,β-unsaturated/α-hetero) is 6. The molecule has 4 N–H and O–H groups in total. The predicted octanol–water partition coefficient (Wildman–Crippen LogP) is 13.2. The lowest BCUT2D eigenvalue weighted by Crippen LogP contribution is -2.50. The lowest BCUT2D eigenvalue weighted by atomic mass is 9.94. The van der Waals surface area contributed by atoms with Crippen LogP contribution in [0, 0.1) is 0 Å². The first-order valence-electron chi connectivity index (χ1n) is 33.6. The van der Waals surface area contributed by atoms with Gasteiger partial charge < -0.3 is 14.1 Å². The van der Waals surface area contributed by atoms with Gasteiger partial charge in [0.15, 0.2) is 34.7 Å². The first-order chi connectivity index (χ1) is 44.1. The first-order valence-corrected chi connectivity index (χ1v) is 39.6. The Morgan fingerprint density at radius 2 is 0.705 bits per heavy atom. The highest BCUT2D eigenvalue weighted by Crippen LogP contribution is 2.45. The van der Waals surface area contributed by atoms with E-state index in [1.807, 2.05) is 4.72 Å². The van der Waals surface area contributed by atoms with Crippen molar-refractivity contribution < 1.29 is 76.6 Å². The number of sulfonamides is 3. The van der Waals surface area contributed by atoms with Crippen molar-refractivity contribution in [1.82, 2.24) is 14.2 Å². The number of carbonyl (C=O) groups excluding carboxylic acids is 6. The highest BCUT2D eigenvalue weighted by atomic mass is 32.2. The summed E-state index contributed by atoms with van der Waals surface area (Å²) in [4.78, 5) is 74.4. The monoisotopic (exact) mass is 1400 g/mol. The third kappa shape index (κ3) is 26.4. The van der Waals surface area contributed by atoms with Crippen molar-refractivity contribution in [2.24, 2.45) is 0 Å². The molecule has 0 spiro atoms. The van der Waals surface area contributed by atoms with Gasteiger partial charge in [-0.25, -0.2) is 43.1 Å². The maximum absolute atomic E-state index is 14.8. The van der Waals surface area contributed by atoms with Crippen LogP contribution in [-0.2, 0) is 69.0 Å². The van der Waals surface area contributed by atoms with Crippen molar-refractivity contribution >= 4 is 107 Å². The Labute approximate surface area is 568 Å². The van der Waals surface area contributed by atoms with Crippen LogP contribution in [0.3, 0.4) is 0 Å². The summed E-state index contributed by atoms with van der Waals surface area (Å²) in [6.07, 6.45) is 14.2. The Bertz CT molecular complexity index is 3730. The van der Waals surface area contributed by atoms with Crippen molar-refractivity contribution in [2.45, 2.75) is 263 Å². The molecule has 0 heterocycles. The highest BCUT2D eigenvalue weighted by Gasteiger charge is 2.35. The maximum atomic E-state index is 14.8. The van der Waals surface area contributed by atoms with Crippen molar-refractivity contribution in [2.75, 3.05) is 31.9 Å². The number of rotatable bonds is 49. The number of hydrogen-bond acceptors (Lipinski definition) is 16. The van der Waals surface area contributed by atoms with Crippen LogP contribution >= 0.6 is 0 Å². The third-order valence-corrected chi connectivity index (χ3v) is 22.5. The molecule has 95 heavy (non-hydrogen) atoms. The lowest BCUT2D eigenvalue weighted by molar-refractivity contribution is -0.929. The van der Waals surface area contributed by atoms with Gasteiger partial charge in [-0.3, -0.25) is 28.8 Å². The van der Waals surface area contributed by atoms with Gasteiger partial charge in [-0.05, 0) is 127 Å². The standard InChI is InChI=1S/C54H71N3O16S4.C16H36N.CH4/c1-9-40(46(61)23-17-11-14-20-43(58)33(3)4)55-75(68,69)50-30-49(64)36-26-27-38-52(77(72,73)57-42(32-74(65,66)67)48(63)25-19-13-16-22-45(60)35(7)8)31-51(39-29-28-37(50)53(36)54(38)39)76(70,71)56-41(10-2)47(62)24-18-12-15-21-44(59)34(5)6;1-5-9-13-17(14-10-6-2,15-11-7-3)16-12-8-4;/h26-31,40-42,55-57,64H,3,5,7,9-25,32H2,1-2,4,6,8H3,(H,65,66,67);5-16H2,1-4H3;1H4/q;+1;/p-1. The van der Waals surface area contributed by atoms with Crippen LogP contribution < -0.4 is 14.2 Å². The number of nitrogens with zero attached hydrogens (tertiary/aromatic N) is 1. The smallest absolute Gasteiger partial charge is 0.241 e. The molecule has 0 aliphatic carbocycles. The number of quaternary nitrogens is 1. The number of phenols is 1. The molecule has 0 aliphatic rings. The second-order valence-electron chi connectivity index (χ2n) is 25.2. The molecule has 0 saturated carbocycles. The van der Waals surface area contributed by atoms with Crippen LogP contribution in [0.1, 0.15) is 230 Å². The number of unbranched alkanes of at least 4 members (excludes halogenated alkanes) is 10. The number of nitrogens with one attached hydrogen (secondary N) is 3. The summed E-state index contributed by atoms with van der Waals surface area (Å²) in [5, 5.41) is 10.4. The molecule has 4 aromatic rings. The summed E-state index contributed by atoms with van der Waals surface area (Å²) >= 11 is 0. The number of aromatic hydroxyl groups is 1. The van der Waals surface area contributed by atoms with Crippen LogP contribution in [0.25, 0.3) is 32.3 Å². The Morgan fingerprint density at radius 1 is 0.432 bits per heavy atom. The predicted molar refractivity (Wildman–Crippen MR) is 379 cm³/mol. The number of hydrogen-bond donors (Lipinski definition) is 4. The summed E-state index contributed by atoms with van der Waals surface area (Å²) in [6, 6.07) is 1.72. The Balaban J connectivity index is 0.00000149. The fourth-order valence-electron chi connectivity index (χ4n) is 11.5. The van der Waals surface area contributed by atoms with E-state index in [2.05, 4.69) is 56.9 Å². The summed E-state index contributed by atoms with van der Waals surface area (Å²) in [5.41, 5.74) is 1.13. The number of allylic oxidation sites excluding steroid dienone is 3. The SMILES string of the molecule is C.C=C(C)C(=O)CCCCCC(=O)C(CC)NS(=O)(=O)c1cc(O)c2ccc3c(S(=O)(=O)NC(CS(=O)(=O)[O-])C(=O)CCCCCC(=O)C(=C)C)cc(S(=O)(=O)NC(CC)C(=O)CCCCCC(=O)C(=C)C)c4ccc1c2c43.CCCC[N+](CCCC)(CCCC)CCCC. The second kappa shape index (κ2) is 40.4. The number of phenolic OH excluding ortho intramolecular Hbond substituents is 1. The molecule has 0 fully saturated rings. The quantitative estimate of drug-likeness (QED) is 0.0105. The van der Waals surface area contributed by atoms with Gasteiger partial charge in [-0.2, -0.15) is 4.72 Å². The average molecular weight is 1400 g/mol. The molecule has 4 aromatic carbocycles. The first kappa shape index (κ1) is 85.6. The molecule has 3 atom stereocenters. The average Bonchev–Trinajstić information content (AvgIpc) is 0.706. The van der Waals surface area contributed by atoms with Crippen molar-refractivity contribution in [3.63, 3.8) is 0 Å². The molecule has 0 saturated heterocycles. The highest BCUT2D eigenvalue weighted by molar-refractivity contribution is 7.91. The molecule has 24 heteroatoms. The topological polar surface area (TPSA) is 318 Å². The zero-order chi connectivity index (χ0) is 70.8. The zero-order valence-corrected chi connectivity index (χ0v) is 60.4. The fraction of sp³-hybridized carbons (Fsp3) is 0.606. The largest absolute Gasteiger partial charge is 0.748 e. The maximum Gasteiger partial charge on any atom is 0.241 e. The van der Waals surface area contributed by atoms with E-state index in [1.165, 1.54) is 120 Å². The van der Waals surface area contributed by atoms with Crippen LogP contribution in [0.4, 0.5) is 0 Å². The van der Waals surface area contributed by atoms with Crippen LogP contribution in [0.15, 0.2) is 87.5 Å². The second-order valence-corrected chi connectivity index (χ2v) is 31.7. The van der Waals surface area contributed by atoms with Crippen molar-refractivity contribution in [3.05, 3.63) is 72.9 Å². The van der Waals surface area contributed by atoms with E-state index in [0.29, 0.717) is 61.7 Å². The molecule has 0 radical (unpaired) electrons. The summed E-state index contributed by atoms with van der Waals surface area (Å²) < 4.78 is 133. The van der Waals surface area contributed by atoms with E-state index in [0.717, 1.165) is 12.1 Å². The third-order valence-electron chi connectivity index (χ3n) is 17.2. The Hall–Kier alpha value is -5.44. The molecule has 0 bridgehead atoms. The van der Waals surface area contributed by atoms with Crippen LogP contribution in [-0.4, -0.2) is 133 Å². The summed E-state index contributed by atoms with van der Waals surface area (Å²) in [5.74, 6) is -4.63. The number of carbonyl (C=O) groups is 6. The Kier molecular flexibility index (Phi) is 36.5. The van der Waals surface area contributed by atoms with E-state index in [-0.39, 0.29) is 115 Å². The summed E-state index contributed by atoms with van der Waals surface area (Å²) in [7, 11) is -20.4. The van der Waals surface area contributed by atoms with E-state index in [1.54, 1.807) is 20.8 Å². The molecular formula is C71H110N4O16S4. The lowest BCUT2D eigenvalue weighted by Gasteiger charge is -2.39. The van der Waals surface area contributed by atoms with Gasteiger partial charge in [0, 0.05) is 76.9 Å². The van der Waals surface area contributed by atoms with Gasteiger partial charge in [0.25, 0.3) is 0 Å². The van der Waals surface area contributed by atoms with E-state index in [4.69, 9.17) is 0 Å². The zero-order valence-electron chi connectivity index (χ0n) is 57.2. The molecule has 4 rings (SSSR count). The summed E-state index contributed by atoms with van der Waals surface area (Å²) in [6.45, 7) is 33.7. The van der Waals surface area contributed by atoms with Crippen molar-refractivity contribution in [3.8, 4) is 5.75 Å². The number of benzene rings is 4. The van der Waals surface area contributed by atoms with Gasteiger partial charge in [-0.15, -0.1) is 0 Å². The van der Waals surface area contributed by atoms with Crippen LogP contribution in [0.5, 0.6) is 5.75 Å². The molecule has 0 aliphatic heterocycles. The minimum Gasteiger partial charge on any atom is -0.748 e. The van der Waals surface area contributed by atoms with E-state index >= 15 is 0 Å². The molecular weight excluding hydrogens is 1290 g/mol. The van der Waals surface area contributed by atoms with Gasteiger partial charge in [0.2, 0.25) is 30.1 Å². The van der Waals surface area contributed by atoms with Gasteiger partial charge in [0.1, 0.15) is 5.75 Å². The molecule has 3 unspecified atom stereocenters. The van der Waals surface area contributed by atoms with Crippen molar-refractivity contribution in [1.29, 1.82) is 0 Å². The Morgan fingerprint density at radius 3 is 1.00 bits per heavy atom. The molecule has 20 nitrogen and oxygen atoms in total. The van der Waals surface area contributed by atoms with E-state index in [9.17, 15) is 72.1 Å². The molecule has 534 valence electrons. The fourth-order valence-corrected chi connectivity index (χ4v) is 16.9. The van der Waals surface area contributed by atoms with Crippen LogP contribution in [0.2, 0.25) is 0 Å². The van der Waals surface area contributed by atoms with E-state index < -0.39 is 108 Å². The van der Waals surface area contributed by atoms with Gasteiger partial charge in [0.05, 0.1) is 74.9 Å². The molecule has 0 aromatic heterocycles. The van der Waals surface area contributed by atoms with Gasteiger partial charge >= 0.3 is 0 Å². The molecule has 0 amide bonds. The normalized spacial score (nSPS) is 13.2.